The van der Waals surface area contributed by atoms with Gasteiger partial charge >= 0.3 is 12.1 Å². The zero-order valence-electron chi connectivity index (χ0n) is 12.8. The van der Waals surface area contributed by atoms with Gasteiger partial charge in [0.05, 0.1) is 12.6 Å². The lowest BCUT2D eigenvalue weighted by molar-refractivity contribution is -0.129. The molecule has 1 heterocycles. The van der Waals surface area contributed by atoms with Gasteiger partial charge in [-0.2, -0.15) is 0 Å². The quantitative estimate of drug-likeness (QED) is 0.603. The van der Waals surface area contributed by atoms with Crippen molar-refractivity contribution in [1.29, 1.82) is 0 Å². The van der Waals surface area contributed by atoms with E-state index in [1.807, 2.05) is 13.8 Å². The number of ether oxygens (including phenoxy) is 1. The van der Waals surface area contributed by atoms with Gasteiger partial charge in [0.2, 0.25) is 5.91 Å². The third kappa shape index (κ3) is 5.88. The van der Waals surface area contributed by atoms with Crippen LogP contribution in [-0.4, -0.2) is 61.3 Å². The molecule has 0 saturated carbocycles. The highest BCUT2D eigenvalue weighted by Gasteiger charge is 2.31. The Morgan fingerprint density at radius 1 is 1.33 bits per heavy atom. The van der Waals surface area contributed by atoms with Crippen molar-refractivity contribution >= 4 is 18.0 Å². The minimum atomic E-state index is -0.506. The van der Waals surface area contributed by atoms with Crippen molar-refractivity contribution in [3.63, 3.8) is 0 Å². The summed E-state index contributed by atoms with van der Waals surface area (Å²) in [5.41, 5.74) is 0. The molecule has 1 aliphatic rings. The third-order valence-electron chi connectivity index (χ3n) is 3.07. The summed E-state index contributed by atoms with van der Waals surface area (Å²) < 4.78 is 4.68. The monoisotopic (exact) mass is 300 g/mol. The lowest BCUT2D eigenvalue weighted by atomic mass is 10.2. The van der Waals surface area contributed by atoms with E-state index in [-0.39, 0.29) is 30.6 Å². The molecule has 0 bridgehead atoms. The van der Waals surface area contributed by atoms with E-state index < -0.39 is 6.09 Å². The van der Waals surface area contributed by atoms with Crippen LogP contribution in [0.25, 0.3) is 0 Å². The van der Waals surface area contributed by atoms with Crippen LogP contribution in [0.1, 0.15) is 27.2 Å². The smallest absolute Gasteiger partial charge is 0.407 e. The molecular formula is C13H24N4O4. The highest BCUT2D eigenvalue weighted by Crippen LogP contribution is 2.13. The van der Waals surface area contributed by atoms with E-state index in [9.17, 15) is 14.4 Å². The van der Waals surface area contributed by atoms with E-state index in [4.69, 9.17) is 0 Å². The van der Waals surface area contributed by atoms with Crippen LogP contribution in [0.4, 0.5) is 9.59 Å². The second-order valence-electron chi connectivity index (χ2n) is 5.09. The number of carbonyl (C=O) groups is 3. The molecule has 3 N–H and O–H groups in total. The molecule has 1 unspecified atom stereocenters. The van der Waals surface area contributed by atoms with Crippen molar-refractivity contribution in [2.45, 2.75) is 39.3 Å². The maximum absolute atomic E-state index is 11.7. The van der Waals surface area contributed by atoms with Crippen LogP contribution in [0.15, 0.2) is 0 Å². The number of nitrogens with one attached hydrogen (secondary N) is 3. The number of amides is 4. The van der Waals surface area contributed by atoms with Crippen molar-refractivity contribution in [3.8, 4) is 0 Å². The maximum atomic E-state index is 11.7. The molecule has 4 amide bonds. The topological polar surface area (TPSA) is 99.8 Å². The molecular weight excluding hydrogens is 276 g/mol. The van der Waals surface area contributed by atoms with Gasteiger partial charge in [0.25, 0.3) is 0 Å². The predicted octanol–water partition coefficient (Wildman–Crippen LogP) is 0.0410. The predicted molar refractivity (Wildman–Crippen MR) is 76.8 cm³/mol. The Bertz CT molecular complexity index is 386. The van der Waals surface area contributed by atoms with Crippen molar-refractivity contribution in [3.05, 3.63) is 0 Å². The van der Waals surface area contributed by atoms with E-state index in [1.54, 1.807) is 11.8 Å². The van der Waals surface area contributed by atoms with E-state index in [0.29, 0.717) is 26.1 Å². The first-order valence-electron chi connectivity index (χ1n) is 7.18. The SMILES string of the molecule is CCOC(=O)NCCNC(=O)NC1CC(=O)N(C(C)C)C1. The number of likely N-dealkylation sites (tertiary alicyclic amines) is 1. The van der Waals surface area contributed by atoms with Gasteiger partial charge in [-0.3, -0.25) is 4.79 Å². The highest BCUT2D eigenvalue weighted by molar-refractivity contribution is 5.81. The molecule has 8 nitrogen and oxygen atoms in total. The third-order valence-corrected chi connectivity index (χ3v) is 3.07. The normalized spacial score (nSPS) is 17.8. The lowest BCUT2D eigenvalue weighted by Gasteiger charge is -2.21. The first-order chi connectivity index (χ1) is 9.93. The largest absolute Gasteiger partial charge is 0.450 e. The van der Waals surface area contributed by atoms with Gasteiger partial charge in [-0.05, 0) is 20.8 Å². The molecule has 21 heavy (non-hydrogen) atoms. The molecule has 0 aliphatic carbocycles. The van der Waals surface area contributed by atoms with Crippen LogP contribution in [0.2, 0.25) is 0 Å². The maximum Gasteiger partial charge on any atom is 0.407 e. The fourth-order valence-electron chi connectivity index (χ4n) is 2.09. The molecule has 1 saturated heterocycles. The van der Waals surface area contributed by atoms with Crippen LogP contribution >= 0.6 is 0 Å². The van der Waals surface area contributed by atoms with E-state index in [1.165, 1.54) is 0 Å². The number of hydrogen-bond acceptors (Lipinski definition) is 4. The fraction of sp³-hybridized carbons (Fsp3) is 0.769. The summed E-state index contributed by atoms with van der Waals surface area (Å²) in [6.07, 6.45) is -0.180. The zero-order valence-corrected chi connectivity index (χ0v) is 12.8. The summed E-state index contributed by atoms with van der Waals surface area (Å²) in [7, 11) is 0. The van der Waals surface area contributed by atoms with Gasteiger partial charge in [-0.1, -0.05) is 0 Å². The Morgan fingerprint density at radius 3 is 2.57 bits per heavy atom. The van der Waals surface area contributed by atoms with Crippen LogP contribution in [-0.2, 0) is 9.53 Å². The van der Waals surface area contributed by atoms with Crippen LogP contribution in [0, 0.1) is 0 Å². The molecule has 1 atom stereocenters. The van der Waals surface area contributed by atoms with Gasteiger partial charge in [0, 0.05) is 32.1 Å². The summed E-state index contributed by atoms with van der Waals surface area (Å²) >= 11 is 0. The Balaban J connectivity index is 2.17. The molecule has 1 fully saturated rings. The highest BCUT2D eigenvalue weighted by atomic mass is 16.5. The van der Waals surface area contributed by atoms with Crippen molar-refractivity contribution in [2.75, 3.05) is 26.2 Å². The molecule has 120 valence electrons. The van der Waals surface area contributed by atoms with E-state index in [2.05, 4.69) is 20.7 Å². The number of hydrogen-bond donors (Lipinski definition) is 3. The van der Waals surface area contributed by atoms with Crippen molar-refractivity contribution in [1.82, 2.24) is 20.9 Å². The first kappa shape index (κ1) is 17.1. The fourth-order valence-corrected chi connectivity index (χ4v) is 2.09. The molecule has 0 spiro atoms. The number of carbonyl (C=O) groups excluding carboxylic acids is 3. The summed E-state index contributed by atoms with van der Waals surface area (Å²) in [5.74, 6) is 0.0549. The summed E-state index contributed by atoms with van der Waals surface area (Å²) in [5, 5.41) is 7.86. The Labute approximate surface area is 124 Å². The molecule has 0 aromatic rings. The minimum Gasteiger partial charge on any atom is -0.450 e. The number of rotatable bonds is 6. The standard InChI is InChI=1S/C13H24N4O4/c1-4-21-13(20)15-6-5-14-12(19)16-10-7-11(18)17(8-10)9(2)3/h9-10H,4-8H2,1-3H3,(H,15,20)(H2,14,16,19). The average Bonchev–Trinajstić information content (AvgIpc) is 2.76. The Hall–Kier alpha value is -1.99. The van der Waals surface area contributed by atoms with Gasteiger partial charge < -0.3 is 25.6 Å². The molecule has 1 rings (SSSR count). The lowest BCUT2D eigenvalue weighted by Crippen LogP contribution is -2.45. The minimum absolute atomic E-state index is 0.0549. The number of alkyl carbamates (subject to hydrolysis) is 1. The number of nitrogens with zero attached hydrogens (tertiary/aromatic N) is 1. The molecule has 8 heteroatoms. The number of urea groups is 1. The van der Waals surface area contributed by atoms with Gasteiger partial charge in [-0.25, -0.2) is 9.59 Å². The second kappa shape index (κ2) is 8.33. The molecule has 1 aliphatic heterocycles. The van der Waals surface area contributed by atoms with Gasteiger partial charge in [0.15, 0.2) is 0 Å². The van der Waals surface area contributed by atoms with E-state index >= 15 is 0 Å². The summed E-state index contributed by atoms with van der Waals surface area (Å²) in [4.78, 5) is 36.1. The van der Waals surface area contributed by atoms with E-state index in [0.717, 1.165) is 0 Å². The van der Waals surface area contributed by atoms with Gasteiger partial charge in [-0.15, -0.1) is 0 Å². The summed E-state index contributed by atoms with van der Waals surface area (Å²) in [6.45, 7) is 7.03. The molecule has 0 aromatic heterocycles. The van der Waals surface area contributed by atoms with Gasteiger partial charge in [0.1, 0.15) is 0 Å². The average molecular weight is 300 g/mol. The molecule has 0 radical (unpaired) electrons. The Kier molecular flexibility index (Phi) is 6.77. The van der Waals surface area contributed by atoms with Crippen LogP contribution < -0.4 is 16.0 Å². The van der Waals surface area contributed by atoms with Crippen molar-refractivity contribution < 1.29 is 19.1 Å². The zero-order chi connectivity index (χ0) is 15.8. The second-order valence-corrected chi connectivity index (χ2v) is 5.09. The van der Waals surface area contributed by atoms with Crippen LogP contribution in [0.3, 0.4) is 0 Å². The molecule has 0 aromatic carbocycles. The summed E-state index contributed by atoms with van der Waals surface area (Å²) in [6, 6.07) is -0.372. The first-order valence-corrected chi connectivity index (χ1v) is 7.18. The van der Waals surface area contributed by atoms with Crippen molar-refractivity contribution in [2.24, 2.45) is 0 Å². The van der Waals surface area contributed by atoms with Crippen LogP contribution in [0.5, 0.6) is 0 Å². The Morgan fingerprint density at radius 2 is 2.00 bits per heavy atom.